The quantitative estimate of drug-likeness (QED) is 0.169. The first-order valence-corrected chi connectivity index (χ1v) is 19.1. The van der Waals surface area contributed by atoms with E-state index in [1.807, 2.05) is 0 Å². The maximum Gasteiger partial charge on any atom is 0.0534 e. The standard InChI is InChI=1S/C52H42N2/c1-35-16-22-41-26-25-38-10-4-7-13-48(38)53(51(41)32-35)42-27-19-36(20-28-42)17-18-37-21-30-44-45-31-29-43(34-47(45)52(2,3)46(44)33-37)54-49-14-8-5-11-39(49)23-24-40-12-6-9-15-50(40)54/h4-31,33-35H,32H2,1-3H3. The number of rotatable bonds is 4. The Morgan fingerprint density at radius 2 is 1.04 bits per heavy atom. The highest BCUT2D eigenvalue weighted by Crippen LogP contribution is 2.52. The molecule has 6 aromatic rings. The molecule has 2 nitrogen and oxygen atoms in total. The maximum absolute atomic E-state index is 2.46. The zero-order valence-electron chi connectivity index (χ0n) is 31.0. The molecule has 260 valence electrons. The summed E-state index contributed by atoms with van der Waals surface area (Å²) in [6.45, 7) is 7.05. The number of benzene rings is 6. The Balaban J connectivity index is 0.949. The molecule has 4 aliphatic rings. The fourth-order valence-corrected chi connectivity index (χ4v) is 8.84. The number of hydrogen-bond acceptors (Lipinski definition) is 2. The molecule has 0 fully saturated rings. The van der Waals surface area contributed by atoms with Crippen LogP contribution >= 0.6 is 0 Å². The molecule has 0 N–H and O–H groups in total. The molecule has 2 heteroatoms. The molecular weight excluding hydrogens is 653 g/mol. The van der Waals surface area contributed by atoms with Gasteiger partial charge in [0.2, 0.25) is 0 Å². The Bertz CT molecular complexity index is 2580. The average molecular weight is 695 g/mol. The van der Waals surface area contributed by atoms with Crippen molar-refractivity contribution in [3.05, 3.63) is 202 Å². The van der Waals surface area contributed by atoms with Gasteiger partial charge in [-0.1, -0.05) is 160 Å². The van der Waals surface area contributed by atoms with Crippen molar-refractivity contribution in [2.75, 3.05) is 9.80 Å². The van der Waals surface area contributed by atoms with Crippen LogP contribution in [0.2, 0.25) is 0 Å². The van der Waals surface area contributed by atoms with E-state index >= 15 is 0 Å². The van der Waals surface area contributed by atoms with Gasteiger partial charge >= 0.3 is 0 Å². The van der Waals surface area contributed by atoms with Crippen LogP contribution in [0.25, 0.3) is 41.5 Å². The van der Waals surface area contributed by atoms with Crippen molar-refractivity contribution < 1.29 is 0 Å². The largest absolute Gasteiger partial charge is 0.313 e. The van der Waals surface area contributed by atoms with Gasteiger partial charge in [0.05, 0.1) is 17.1 Å². The van der Waals surface area contributed by atoms with E-state index < -0.39 is 0 Å². The molecule has 2 aliphatic carbocycles. The average Bonchev–Trinajstić information content (AvgIpc) is 3.32. The number of allylic oxidation sites excluding steroid dienone is 5. The summed E-state index contributed by atoms with van der Waals surface area (Å²) in [5.41, 5.74) is 20.0. The minimum absolute atomic E-state index is 0.146. The molecule has 0 amide bonds. The molecule has 2 aliphatic heterocycles. The summed E-state index contributed by atoms with van der Waals surface area (Å²) in [4.78, 5) is 4.89. The Kier molecular flexibility index (Phi) is 7.56. The summed E-state index contributed by atoms with van der Waals surface area (Å²) < 4.78 is 0. The molecule has 0 saturated carbocycles. The molecule has 0 aromatic heterocycles. The lowest BCUT2D eigenvalue weighted by molar-refractivity contribution is 0.660. The zero-order valence-corrected chi connectivity index (χ0v) is 31.0. The van der Waals surface area contributed by atoms with Crippen molar-refractivity contribution in [1.82, 2.24) is 0 Å². The molecule has 1 atom stereocenters. The van der Waals surface area contributed by atoms with Crippen LogP contribution in [0.1, 0.15) is 66.1 Å². The Hall–Kier alpha value is -6.38. The third-order valence-corrected chi connectivity index (χ3v) is 11.7. The van der Waals surface area contributed by atoms with Crippen molar-refractivity contribution in [2.45, 2.75) is 32.6 Å². The number of nitrogens with zero attached hydrogens (tertiary/aromatic N) is 2. The predicted octanol–water partition coefficient (Wildman–Crippen LogP) is 14.1. The van der Waals surface area contributed by atoms with Gasteiger partial charge in [-0.2, -0.15) is 0 Å². The first-order valence-electron chi connectivity index (χ1n) is 19.1. The van der Waals surface area contributed by atoms with Crippen molar-refractivity contribution >= 4 is 58.8 Å². The topological polar surface area (TPSA) is 6.48 Å². The first-order chi connectivity index (χ1) is 26.4. The molecule has 54 heavy (non-hydrogen) atoms. The lowest BCUT2D eigenvalue weighted by atomic mass is 9.81. The van der Waals surface area contributed by atoms with Crippen LogP contribution in [0.5, 0.6) is 0 Å². The van der Waals surface area contributed by atoms with Crippen LogP contribution in [0, 0.1) is 5.92 Å². The summed E-state index contributed by atoms with van der Waals surface area (Å²) in [5.74, 6) is 0.506. The normalized spacial score (nSPS) is 17.4. The monoisotopic (exact) mass is 694 g/mol. The van der Waals surface area contributed by atoms with Crippen molar-refractivity contribution in [3.8, 4) is 11.1 Å². The highest BCUT2D eigenvalue weighted by Gasteiger charge is 2.36. The van der Waals surface area contributed by atoms with Crippen LogP contribution in [-0.4, -0.2) is 0 Å². The van der Waals surface area contributed by atoms with Gasteiger partial charge in [0, 0.05) is 22.5 Å². The molecule has 2 heterocycles. The molecule has 0 bridgehead atoms. The predicted molar refractivity (Wildman–Crippen MR) is 231 cm³/mol. The van der Waals surface area contributed by atoms with Gasteiger partial charge in [0.15, 0.2) is 0 Å². The minimum atomic E-state index is -0.146. The van der Waals surface area contributed by atoms with E-state index in [-0.39, 0.29) is 5.41 Å². The molecule has 0 saturated heterocycles. The highest BCUT2D eigenvalue weighted by molar-refractivity contribution is 5.94. The minimum Gasteiger partial charge on any atom is -0.313 e. The molecule has 1 unspecified atom stereocenters. The van der Waals surface area contributed by atoms with Crippen LogP contribution < -0.4 is 9.80 Å². The summed E-state index contributed by atoms with van der Waals surface area (Å²) in [6.07, 6.45) is 19.1. The smallest absolute Gasteiger partial charge is 0.0534 e. The fourth-order valence-electron chi connectivity index (χ4n) is 8.84. The van der Waals surface area contributed by atoms with Crippen LogP contribution in [0.15, 0.2) is 163 Å². The second-order valence-electron chi connectivity index (χ2n) is 15.5. The summed E-state index contributed by atoms with van der Waals surface area (Å²) >= 11 is 0. The van der Waals surface area contributed by atoms with Crippen molar-refractivity contribution in [2.24, 2.45) is 5.92 Å². The SMILES string of the molecule is CC1C=CC2=C(C1)N(c1ccc(C=Cc3ccc4c(c3)C(C)(C)c3cc(N5c6ccccc6C=Cc6ccccc65)ccc3-4)cc1)c1ccccc1C=C2. The van der Waals surface area contributed by atoms with Gasteiger partial charge in [-0.25, -0.2) is 0 Å². The third kappa shape index (κ3) is 5.32. The van der Waals surface area contributed by atoms with Crippen molar-refractivity contribution in [3.63, 3.8) is 0 Å². The summed E-state index contributed by atoms with van der Waals surface area (Å²) in [6, 6.07) is 49.2. The first kappa shape index (κ1) is 32.3. The number of fused-ring (bicyclic) bond motifs is 6. The number of anilines is 5. The Labute approximate surface area is 319 Å². The third-order valence-electron chi connectivity index (χ3n) is 11.7. The Morgan fingerprint density at radius 3 is 1.70 bits per heavy atom. The molecule has 6 aromatic carbocycles. The van der Waals surface area contributed by atoms with Crippen LogP contribution in [0.3, 0.4) is 0 Å². The molecule has 0 spiro atoms. The summed E-state index contributed by atoms with van der Waals surface area (Å²) in [7, 11) is 0. The Morgan fingerprint density at radius 1 is 0.519 bits per heavy atom. The van der Waals surface area contributed by atoms with Gasteiger partial charge in [-0.15, -0.1) is 0 Å². The highest BCUT2D eigenvalue weighted by atomic mass is 15.2. The molecular formula is C52H42N2. The molecule has 10 rings (SSSR count). The van der Waals surface area contributed by atoms with E-state index in [9.17, 15) is 0 Å². The zero-order chi connectivity index (χ0) is 36.4. The lowest BCUT2D eigenvalue weighted by Crippen LogP contribution is -2.21. The molecule has 0 radical (unpaired) electrons. The maximum atomic E-state index is 2.46. The van der Waals surface area contributed by atoms with Gasteiger partial charge < -0.3 is 9.80 Å². The second-order valence-corrected chi connectivity index (χ2v) is 15.5. The number of para-hydroxylation sites is 3. The van der Waals surface area contributed by atoms with Crippen molar-refractivity contribution in [1.29, 1.82) is 0 Å². The van der Waals surface area contributed by atoms with E-state index in [0.717, 1.165) is 6.42 Å². The van der Waals surface area contributed by atoms with E-state index in [1.165, 1.54) is 89.8 Å². The lowest BCUT2D eigenvalue weighted by Gasteiger charge is -2.32. The number of hydrogen-bond donors (Lipinski definition) is 0. The van der Waals surface area contributed by atoms with E-state index in [1.54, 1.807) is 0 Å². The van der Waals surface area contributed by atoms with Gasteiger partial charge in [0.1, 0.15) is 0 Å². The van der Waals surface area contributed by atoms with Crippen LogP contribution in [-0.2, 0) is 5.41 Å². The van der Waals surface area contributed by atoms with Crippen LogP contribution in [0.4, 0.5) is 28.4 Å². The van der Waals surface area contributed by atoms with E-state index in [4.69, 9.17) is 0 Å². The fraction of sp³-hybridized carbons (Fsp3) is 0.115. The second kappa shape index (κ2) is 12.6. The van der Waals surface area contributed by atoms with Gasteiger partial charge in [0.25, 0.3) is 0 Å². The van der Waals surface area contributed by atoms with Gasteiger partial charge in [-0.3, -0.25) is 0 Å². The van der Waals surface area contributed by atoms with E-state index in [2.05, 4.69) is 213 Å². The summed E-state index contributed by atoms with van der Waals surface area (Å²) in [5, 5.41) is 0. The van der Waals surface area contributed by atoms with Gasteiger partial charge in [-0.05, 0) is 110 Å². The van der Waals surface area contributed by atoms with E-state index in [0.29, 0.717) is 5.92 Å².